The lowest BCUT2D eigenvalue weighted by molar-refractivity contribution is -0.384. The Bertz CT molecular complexity index is 4240. The summed E-state index contributed by atoms with van der Waals surface area (Å²) in [4.78, 5) is 74.6. The fraction of sp³-hybridized carbons (Fsp3) is 0.213. The molecule has 0 bridgehead atoms. The van der Waals surface area contributed by atoms with Gasteiger partial charge in [0, 0.05) is 68.3 Å². The normalized spacial score (nSPS) is 10.9. The Hall–Kier alpha value is -11.8. The Balaban J connectivity index is 0.000000174. The average Bonchev–Trinajstić information content (AvgIpc) is 2.94. The van der Waals surface area contributed by atoms with Gasteiger partial charge in [0.1, 0.15) is 0 Å². The van der Waals surface area contributed by atoms with Crippen LogP contribution in [0.4, 0.5) is 73.1 Å². The van der Waals surface area contributed by atoms with Gasteiger partial charge in [-0.05, 0) is 56.3 Å². The molecular formula is C47H39F8N15O17. The molecule has 10 rings (SSSR count). The molecule has 5 heterocycles. The summed E-state index contributed by atoms with van der Waals surface area (Å²) < 4.78 is 128. The van der Waals surface area contributed by atoms with Crippen LogP contribution in [0.5, 0.6) is 23.5 Å². The van der Waals surface area contributed by atoms with Gasteiger partial charge in [-0.1, -0.05) is 0 Å². The van der Waals surface area contributed by atoms with Crippen molar-refractivity contribution in [3.05, 3.63) is 142 Å². The second-order valence-electron chi connectivity index (χ2n) is 16.4. The van der Waals surface area contributed by atoms with E-state index < -0.39 is 69.8 Å². The van der Waals surface area contributed by atoms with Gasteiger partial charge < -0.3 is 34.2 Å². The van der Waals surface area contributed by atoms with Crippen molar-refractivity contribution in [2.45, 2.75) is 40.3 Å². The third kappa shape index (κ3) is 15.9. The number of nitrogens with one attached hydrogen (secondary N) is 2. The number of hydrogen-bond donors (Lipinski definition) is 3. The fourth-order valence-electron chi connectivity index (χ4n) is 7.45. The number of fused-ring (bicyclic) bond motifs is 5. The zero-order chi connectivity index (χ0) is 64.1. The topological polar surface area (TPSA) is 408 Å². The number of nitro groups is 4. The van der Waals surface area contributed by atoms with Gasteiger partial charge >= 0.3 is 38.6 Å². The van der Waals surface area contributed by atoms with Crippen LogP contribution in [0.15, 0.2) is 95.8 Å². The number of nitrogen functional groups attached to an aromatic ring is 1. The first-order valence-corrected chi connectivity index (χ1v) is 23.8. The molecule has 0 amide bonds. The minimum Gasteiger partial charge on any atom is -0.448 e. The zero-order valence-electron chi connectivity index (χ0n) is 44.3. The summed E-state index contributed by atoms with van der Waals surface area (Å²) in [6.07, 6.45) is -1.64. The average molecular weight is 1240 g/mol. The summed E-state index contributed by atoms with van der Waals surface area (Å²) in [7, 11) is 3.18. The number of hydrogen-bond acceptors (Lipinski definition) is 22. The maximum atomic E-state index is 12.3. The molecule has 0 radical (unpaired) electrons. The fourth-order valence-corrected chi connectivity index (χ4v) is 7.45. The first-order chi connectivity index (χ1) is 41.1. The molecule has 5 aromatic carbocycles. The number of nitrogens with two attached hydrogens (primary N) is 1. The Kier molecular flexibility index (Phi) is 20.7. The number of aromatic nitrogens is 10. The van der Waals surface area contributed by atoms with Gasteiger partial charge in [0.15, 0.2) is 0 Å². The Labute approximate surface area is 475 Å². The third-order valence-electron chi connectivity index (χ3n) is 11.0. The summed E-state index contributed by atoms with van der Waals surface area (Å²) in [6.45, 7) is -8.70. The van der Waals surface area contributed by atoms with Crippen molar-refractivity contribution in [3.63, 3.8) is 0 Å². The third-order valence-corrected chi connectivity index (χ3v) is 11.0. The number of non-ortho nitro benzene ring substituents is 4. The highest BCUT2D eigenvalue weighted by molar-refractivity contribution is 5.93. The monoisotopic (exact) mass is 1240 g/mol. The predicted octanol–water partition coefficient (Wildman–Crippen LogP) is 9.71. The highest BCUT2D eigenvalue weighted by atomic mass is 19.3. The van der Waals surface area contributed by atoms with Crippen molar-refractivity contribution in [1.29, 1.82) is 0 Å². The van der Waals surface area contributed by atoms with E-state index in [-0.39, 0.29) is 86.2 Å². The second-order valence-corrected chi connectivity index (χ2v) is 16.4. The van der Waals surface area contributed by atoms with Gasteiger partial charge in [0.2, 0.25) is 23.5 Å². The maximum Gasteiger partial charge on any atom is 0.435 e. The van der Waals surface area contributed by atoms with Gasteiger partial charge in [-0.15, -0.1) is 20.4 Å². The molecule has 0 unspecified atom stereocenters. The number of aromatic amines is 2. The highest BCUT2D eigenvalue weighted by Crippen LogP contribution is 2.33. The molecule has 32 nitrogen and oxygen atoms in total. The molecule has 0 aliphatic carbocycles. The smallest absolute Gasteiger partial charge is 0.435 e. The Morgan fingerprint density at radius 1 is 0.517 bits per heavy atom. The van der Waals surface area contributed by atoms with E-state index in [1.165, 1.54) is 58.9 Å². The largest absolute Gasteiger partial charge is 0.448 e. The maximum absolute atomic E-state index is 12.3. The van der Waals surface area contributed by atoms with Gasteiger partial charge in [-0.25, -0.2) is 9.59 Å². The molecule has 0 saturated carbocycles. The lowest BCUT2D eigenvalue weighted by Gasteiger charge is -2.02. The van der Waals surface area contributed by atoms with Crippen molar-refractivity contribution in [2.24, 2.45) is 14.1 Å². The molecule has 0 atom stereocenters. The van der Waals surface area contributed by atoms with Crippen LogP contribution in [0, 0.1) is 40.5 Å². The minimum atomic E-state index is -3.18. The molecule has 460 valence electrons. The number of carbonyl (C=O) groups is 2. The lowest BCUT2D eigenvalue weighted by Crippen LogP contribution is -2.17. The number of rotatable bonds is 14. The number of anilines is 1. The number of aryl methyl sites for hydroxylation is 2. The standard InChI is InChI=1S/C11H9F2N3O5.C10H9N3O5.C9H7F2N3O3.C9H9F2N3O.C8H5F2N3O3/c1-2-20-11(17)15-8-4-3-6(16(18)19)5-7(8)9(14-15)21-10(12)13;1-2-18-10(15)12-8-4-3-6(13(16)17)5-7(8)9(14)11-12;1-13-7-3-2-5(14(15)16)4-6(7)8(12-13)17-9(10)11;1-14-7-3-2-5(12)4-6(7)8(13-14)15-9(10)11;9-8(10)16-7-5-3-4(13(14)15)1-2-6(5)11-12-7/h3-5,10H,2H2,1H3;3-5H,2H2,1H3,(H,11,14);2-4,9H,1H3;2-4,9H,12H2,1H3;1-3,8H,(H,11,12). The molecule has 10 aromatic rings. The van der Waals surface area contributed by atoms with Crippen LogP contribution in [0.2, 0.25) is 0 Å². The number of halogens is 8. The van der Waals surface area contributed by atoms with Crippen LogP contribution in [0.25, 0.3) is 54.5 Å². The predicted molar refractivity (Wildman–Crippen MR) is 282 cm³/mol. The molecule has 0 spiro atoms. The molecule has 0 aliphatic heterocycles. The van der Waals surface area contributed by atoms with Crippen molar-refractivity contribution in [1.82, 2.24) is 49.3 Å². The van der Waals surface area contributed by atoms with E-state index in [4.69, 9.17) is 15.2 Å². The molecule has 0 fully saturated rings. The van der Waals surface area contributed by atoms with E-state index in [1.807, 2.05) is 0 Å². The molecule has 0 saturated heterocycles. The second kappa shape index (κ2) is 28.0. The SMILES string of the molecule is CCOC(=O)n1[nH]c(=O)c2cc([N+](=O)[O-])ccc21.CCOC(=O)n1nc(OC(F)F)c2cc([N+](=O)[O-])ccc21.Cn1nc(OC(F)F)c2cc(N)ccc21.Cn1nc(OC(F)F)c2cc([N+](=O)[O-])ccc21.O=[N+]([O-])c1ccc2[nH]nc(OC(F)F)c2c1. The van der Waals surface area contributed by atoms with E-state index in [0.717, 1.165) is 35.0 Å². The van der Waals surface area contributed by atoms with Crippen molar-refractivity contribution >= 4 is 95.1 Å². The van der Waals surface area contributed by atoms with E-state index in [1.54, 1.807) is 39.1 Å². The summed E-state index contributed by atoms with van der Waals surface area (Å²) >= 11 is 0. The first-order valence-electron chi connectivity index (χ1n) is 23.8. The van der Waals surface area contributed by atoms with E-state index >= 15 is 0 Å². The van der Waals surface area contributed by atoms with Gasteiger partial charge in [-0.3, -0.25) is 64.8 Å². The summed E-state index contributed by atoms with van der Waals surface area (Å²) in [5.41, 5.74) is 6.34. The van der Waals surface area contributed by atoms with Crippen LogP contribution in [-0.2, 0) is 23.6 Å². The lowest BCUT2D eigenvalue weighted by atomic mass is 10.2. The molecule has 87 heavy (non-hydrogen) atoms. The molecule has 4 N–H and O–H groups in total. The Morgan fingerprint density at radius 2 is 0.897 bits per heavy atom. The molecule has 40 heteroatoms. The summed E-state index contributed by atoms with van der Waals surface area (Å²) in [6, 6.07) is 19.5. The summed E-state index contributed by atoms with van der Waals surface area (Å²) in [5.74, 6) is -1.36. The van der Waals surface area contributed by atoms with Crippen LogP contribution >= 0.6 is 0 Å². The van der Waals surface area contributed by atoms with E-state index in [2.05, 4.69) is 49.5 Å². The van der Waals surface area contributed by atoms with E-state index in [9.17, 15) is 90.0 Å². The van der Waals surface area contributed by atoms with Gasteiger partial charge in [0.05, 0.1) is 87.4 Å². The highest BCUT2D eigenvalue weighted by Gasteiger charge is 2.24. The zero-order valence-corrected chi connectivity index (χ0v) is 44.3. The Morgan fingerprint density at radius 3 is 1.37 bits per heavy atom. The minimum absolute atomic E-state index is 0.0538. The van der Waals surface area contributed by atoms with Crippen LogP contribution in [0.1, 0.15) is 13.8 Å². The number of nitrogens with zero attached hydrogens (tertiary/aromatic N) is 12. The summed E-state index contributed by atoms with van der Waals surface area (Å²) in [5, 5.41) is 62.5. The number of benzene rings is 5. The van der Waals surface area contributed by atoms with Crippen molar-refractivity contribution < 1.29 is 92.8 Å². The number of ether oxygens (including phenoxy) is 6. The van der Waals surface area contributed by atoms with E-state index in [0.29, 0.717) is 32.3 Å². The molecule has 0 aliphatic rings. The van der Waals surface area contributed by atoms with Gasteiger partial charge in [0.25, 0.3) is 28.3 Å². The molecular weight excluding hydrogens is 1200 g/mol. The van der Waals surface area contributed by atoms with Crippen LogP contribution in [-0.4, -0.2) is 121 Å². The van der Waals surface area contributed by atoms with Crippen molar-refractivity contribution in [2.75, 3.05) is 18.9 Å². The van der Waals surface area contributed by atoms with Crippen LogP contribution < -0.4 is 30.2 Å². The number of nitro benzene ring substituents is 4. The van der Waals surface area contributed by atoms with Gasteiger partial charge in [-0.2, -0.15) is 44.5 Å². The molecule has 5 aromatic heterocycles. The first kappa shape index (κ1) is 64.4. The number of alkyl halides is 8. The quantitative estimate of drug-likeness (QED) is 0.0394. The number of H-pyrrole nitrogens is 2. The number of carbonyl (C=O) groups excluding carboxylic acids is 2. The van der Waals surface area contributed by atoms with Crippen molar-refractivity contribution in [3.8, 4) is 23.5 Å². The van der Waals surface area contributed by atoms with Crippen LogP contribution in [0.3, 0.4) is 0 Å².